The van der Waals surface area contributed by atoms with Crippen molar-refractivity contribution in [1.29, 1.82) is 5.41 Å². The van der Waals surface area contributed by atoms with Crippen LogP contribution in [0, 0.1) is 22.7 Å². The molecule has 5 atom stereocenters. The molecule has 1 fully saturated rings. The molecule has 0 unspecified atom stereocenters. The molecule has 0 aromatic heterocycles. The molecule has 176 valence electrons. The van der Waals surface area contributed by atoms with Gasteiger partial charge in [0.05, 0.1) is 18.9 Å². The van der Waals surface area contributed by atoms with Gasteiger partial charge in [0.1, 0.15) is 6.61 Å². The number of carbonyl (C=O) groups is 4. The molecular weight excluding hydrogens is 485 g/mol. The third-order valence-electron chi connectivity index (χ3n) is 4.95. The van der Waals surface area contributed by atoms with Gasteiger partial charge in [-0.15, -0.1) is 0 Å². The van der Waals surface area contributed by atoms with E-state index in [-0.39, 0.29) is 0 Å². The average molecular weight is 507 g/mol. The number of carbonyl (C=O) groups excluding carboxylic acids is 1. The number of alkyl halides is 3. The molecule has 1 saturated heterocycles. The van der Waals surface area contributed by atoms with E-state index in [2.05, 4.69) is 0 Å². The zero-order valence-corrected chi connectivity index (χ0v) is 18.7. The van der Waals surface area contributed by atoms with Gasteiger partial charge in [0.2, 0.25) is 12.2 Å². The number of rotatable bonds is 9. The van der Waals surface area contributed by atoms with Crippen LogP contribution in [0.1, 0.15) is 33.1 Å². The lowest BCUT2D eigenvalue weighted by molar-refractivity contribution is -0.274. The van der Waals surface area contributed by atoms with Crippen LogP contribution in [0.15, 0.2) is 0 Å². The fourth-order valence-electron chi connectivity index (χ4n) is 3.62. The second kappa shape index (κ2) is 10.7. The van der Waals surface area contributed by atoms with E-state index in [0.29, 0.717) is 0 Å². The molecule has 1 rings (SSSR count). The van der Waals surface area contributed by atoms with E-state index in [1.165, 1.54) is 6.92 Å². The van der Waals surface area contributed by atoms with Gasteiger partial charge in [-0.05, 0) is 5.92 Å². The van der Waals surface area contributed by atoms with E-state index >= 15 is 0 Å². The second-order valence-electron chi connectivity index (χ2n) is 7.30. The molecule has 11 nitrogen and oxygen atoms in total. The molecule has 0 aromatic carbocycles. The van der Waals surface area contributed by atoms with Crippen LogP contribution >= 0.6 is 34.8 Å². The Labute approximate surface area is 192 Å². The zero-order chi connectivity index (χ0) is 24.1. The van der Waals surface area contributed by atoms with Gasteiger partial charge in [-0.1, -0.05) is 41.7 Å². The van der Waals surface area contributed by atoms with Crippen molar-refractivity contribution >= 4 is 64.6 Å². The Kier molecular flexibility index (Phi) is 9.36. The largest absolute Gasteiger partial charge is 0.481 e. The van der Waals surface area contributed by atoms with E-state index in [9.17, 15) is 34.5 Å². The van der Waals surface area contributed by atoms with Crippen molar-refractivity contribution in [1.82, 2.24) is 0 Å². The maximum Gasteiger partial charge on any atom is 0.304 e. The highest BCUT2D eigenvalue weighted by atomic mass is 35.6. The van der Waals surface area contributed by atoms with E-state index in [0.717, 1.165) is 6.92 Å². The van der Waals surface area contributed by atoms with Crippen LogP contribution in [0.25, 0.3) is 0 Å². The Hall–Kier alpha value is -1.82. The summed E-state index contributed by atoms with van der Waals surface area (Å²) in [4.78, 5) is 45.9. The first-order valence-corrected chi connectivity index (χ1v) is 9.98. The molecule has 4 N–H and O–H groups in total. The number of hydrogen-bond donors (Lipinski definition) is 4. The minimum absolute atomic E-state index is 0.465. The van der Waals surface area contributed by atoms with Crippen molar-refractivity contribution in [2.24, 2.45) is 17.3 Å². The Morgan fingerprint density at radius 1 is 1.06 bits per heavy atom. The summed E-state index contributed by atoms with van der Waals surface area (Å²) in [7, 11) is 0. The molecule has 0 bridgehead atoms. The van der Waals surface area contributed by atoms with E-state index < -0.39 is 89.1 Å². The van der Waals surface area contributed by atoms with Crippen molar-refractivity contribution in [3.05, 3.63) is 0 Å². The summed E-state index contributed by atoms with van der Waals surface area (Å²) in [5.41, 5.74) is -1.65. The molecule has 0 aliphatic carbocycles. The molecular formula is C17H22Cl3NO10. The highest BCUT2D eigenvalue weighted by Crippen LogP contribution is 2.51. The Balaban J connectivity index is 3.52. The predicted molar refractivity (Wildman–Crippen MR) is 106 cm³/mol. The van der Waals surface area contributed by atoms with Crippen molar-refractivity contribution in [3.8, 4) is 0 Å². The smallest absolute Gasteiger partial charge is 0.304 e. The Bertz CT molecular complexity index is 740. The first-order valence-electron chi connectivity index (χ1n) is 8.84. The van der Waals surface area contributed by atoms with Crippen molar-refractivity contribution in [2.45, 2.75) is 49.3 Å². The van der Waals surface area contributed by atoms with Crippen molar-refractivity contribution in [3.63, 3.8) is 0 Å². The molecule has 0 spiro atoms. The van der Waals surface area contributed by atoms with Crippen LogP contribution < -0.4 is 0 Å². The molecule has 1 heterocycles. The molecule has 0 aromatic rings. The first-order chi connectivity index (χ1) is 14.1. The lowest BCUT2D eigenvalue weighted by Crippen LogP contribution is -2.58. The first kappa shape index (κ1) is 27.2. The van der Waals surface area contributed by atoms with Crippen molar-refractivity contribution < 1.29 is 48.7 Å². The SMILES string of the molecule is CC(=O)OC[C@@H]1O[C@H](OC(=N)C(Cl)(Cl)Cl)[C@@](C)(CC(=O)O)[C@@H](CC(=O)O)[C@H]1CC(=O)O. The van der Waals surface area contributed by atoms with Gasteiger partial charge in [-0.3, -0.25) is 24.6 Å². The minimum atomic E-state index is -2.33. The topological polar surface area (TPSA) is 181 Å². The van der Waals surface area contributed by atoms with Crippen LogP contribution in [-0.2, 0) is 33.4 Å². The van der Waals surface area contributed by atoms with E-state index in [1.807, 2.05) is 0 Å². The van der Waals surface area contributed by atoms with Gasteiger partial charge >= 0.3 is 23.9 Å². The molecule has 1 aliphatic heterocycles. The summed E-state index contributed by atoms with van der Waals surface area (Å²) >= 11 is 16.9. The van der Waals surface area contributed by atoms with Crippen LogP contribution in [0.2, 0.25) is 0 Å². The highest BCUT2D eigenvalue weighted by Gasteiger charge is 2.57. The summed E-state index contributed by atoms with van der Waals surface area (Å²) in [6.07, 6.45) is -4.78. The Morgan fingerprint density at radius 3 is 2.03 bits per heavy atom. The number of hydrogen-bond acceptors (Lipinski definition) is 8. The molecule has 14 heteroatoms. The predicted octanol–water partition coefficient (Wildman–Crippen LogP) is 2.30. The number of carboxylic acid groups (broad SMARTS) is 3. The summed E-state index contributed by atoms with van der Waals surface area (Å²) in [5.74, 6) is -7.83. The number of aliphatic carboxylic acids is 3. The molecule has 1 aliphatic rings. The van der Waals surface area contributed by atoms with Gasteiger partial charge < -0.3 is 29.5 Å². The summed E-state index contributed by atoms with van der Waals surface area (Å²) in [5, 5.41) is 36.0. The maximum atomic E-state index is 11.6. The second-order valence-corrected chi connectivity index (χ2v) is 9.58. The fourth-order valence-corrected chi connectivity index (χ4v) is 3.76. The zero-order valence-electron chi connectivity index (χ0n) is 16.5. The maximum absolute atomic E-state index is 11.6. The summed E-state index contributed by atoms with van der Waals surface area (Å²) < 4.78 is 13.6. The van der Waals surface area contributed by atoms with Crippen LogP contribution in [0.3, 0.4) is 0 Å². The molecule has 0 radical (unpaired) electrons. The average Bonchev–Trinajstić information content (AvgIpc) is 2.57. The normalized spacial score (nSPS) is 28.4. The third-order valence-corrected chi connectivity index (χ3v) is 5.46. The number of nitrogens with one attached hydrogen (secondary N) is 1. The lowest BCUT2D eigenvalue weighted by atomic mass is 9.62. The molecule has 0 saturated carbocycles. The number of esters is 1. The van der Waals surface area contributed by atoms with Crippen LogP contribution in [-0.4, -0.2) is 67.9 Å². The van der Waals surface area contributed by atoms with Gasteiger partial charge in [-0.2, -0.15) is 0 Å². The minimum Gasteiger partial charge on any atom is -0.481 e. The third kappa shape index (κ3) is 7.67. The van der Waals surface area contributed by atoms with Gasteiger partial charge in [0.25, 0.3) is 3.79 Å². The van der Waals surface area contributed by atoms with E-state index in [1.54, 1.807) is 0 Å². The fraction of sp³-hybridized carbons (Fsp3) is 0.706. The number of halogens is 3. The molecule has 0 amide bonds. The highest BCUT2D eigenvalue weighted by molar-refractivity contribution is 6.76. The standard InChI is InChI=1S/C17H22Cl3NO10/c1-7(22)29-6-10-8(3-11(23)24)9(4-12(25)26)16(2,5-13(27)28)15(30-10)31-14(21)17(18,19)20/h8-10,15,21H,3-6H2,1-2H3,(H,23,24)(H,25,26)(H,27,28)/t8-,9+,10+,15-,16+/m1/s1. The molecule has 31 heavy (non-hydrogen) atoms. The summed E-state index contributed by atoms with van der Waals surface area (Å²) in [6.45, 7) is 1.96. The van der Waals surface area contributed by atoms with Crippen molar-refractivity contribution in [2.75, 3.05) is 6.61 Å². The quantitative estimate of drug-likeness (QED) is 0.157. The lowest BCUT2D eigenvalue weighted by Gasteiger charge is -2.52. The van der Waals surface area contributed by atoms with Crippen LogP contribution in [0.5, 0.6) is 0 Å². The van der Waals surface area contributed by atoms with E-state index in [4.69, 9.17) is 54.4 Å². The monoisotopic (exact) mass is 505 g/mol. The number of carboxylic acids is 3. The van der Waals surface area contributed by atoms with Gasteiger partial charge in [0, 0.05) is 24.7 Å². The van der Waals surface area contributed by atoms with Gasteiger partial charge in [-0.25, -0.2) is 0 Å². The van der Waals surface area contributed by atoms with Gasteiger partial charge in [0.15, 0.2) is 0 Å². The summed E-state index contributed by atoms with van der Waals surface area (Å²) in [6, 6.07) is 0. The Morgan fingerprint density at radius 2 is 1.61 bits per heavy atom. The van der Waals surface area contributed by atoms with Crippen LogP contribution in [0.4, 0.5) is 0 Å². The number of ether oxygens (including phenoxy) is 3.